The Labute approximate surface area is 88.1 Å². The van der Waals surface area contributed by atoms with E-state index in [1.807, 2.05) is 19.9 Å². The van der Waals surface area contributed by atoms with E-state index in [0.29, 0.717) is 12.2 Å². The molecule has 0 N–H and O–H groups in total. The van der Waals surface area contributed by atoms with E-state index in [4.69, 9.17) is 4.74 Å². The van der Waals surface area contributed by atoms with Gasteiger partial charge in [0, 0.05) is 5.56 Å². The summed E-state index contributed by atoms with van der Waals surface area (Å²) in [7, 11) is 0. The molecule has 0 atom stereocenters. The summed E-state index contributed by atoms with van der Waals surface area (Å²) in [4.78, 5) is 0. The number of rotatable bonds is 1. The fraction of sp³-hybridized carbons (Fsp3) is 0.500. The third-order valence-corrected chi connectivity index (χ3v) is 2.76. The van der Waals surface area contributed by atoms with Crippen LogP contribution >= 0.6 is 0 Å². The molecule has 1 aromatic rings. The average molecular weight is 212 g/mol. The van der Waals surface area contributed by atoms with E-state index in [2.05, 4.69) is 0 Å². The number of ether oxygens (including phenoxy) is 1. The van der Waals surface area contributed by atoms with Gasteiger partial charge < -0.3 is 4.74 Å². The zero-order chi connectivity index (χ0) is 11.1. The minimum absolute atomic E-state index is 0.139. The molecule has 1 aliphatic heterocycles. The first kappa shape index (κ1) is 10.6. The van der Waals surface area contributed by atoms with Crippen LogP contribution in [0.25, 0.3) is 0 Å². The highest BCUT2D eigenvalue weighted by atomic mass is 19.3. The lowest BCUT2D eigenvalue weighted by Crippen LogP contribution is -2.28. The fourth-order valence-corrected chi connectivity index (χ4v) is 2.01. The molecule has 1 aromatic carbocycles. The Balaban J connectivity index is 2.56. The standard InChI is InChI=1S/C12H14F2O/c1-8(2)9-4-3-5-11-10(9)6-15-7-12(11,13)14/h3-5,8H,6-7H2,1-2H3. The Morgan fingerprint density at radius 1 is 1.33 bits per heavy atom. The van der Waals surface area contributed by atoms with Crippen LogP contribution in [-0.4, -0.2) is 6.61 Å². The minimum atomic E-state index is -2.83. The molecule has 0 spiro atoms. The fourth-order valence-electron chi connectivity index (χ4n) is 2.01. The largest absolute Gasteiger partial charge is 0.370 e. The Bertz CT molecular complexity index is 372. The molecule has 0 saturated carbocycles. The second kappa shape index (κ2) is 3.56. The first-order chi connectivity index (χ1) is 7.02. The Morgan fingerprint density at radius 2 is 2.07 bits per heavy atom. The van der Waals surface area contributed by atoms with Crippen molar-refractivity contribution in [1.82, 2.24) is 0 Å². The second-order valence-electron chi connectivity index (χ2n) is 4.23. The molecular weight excluding hydrogens is 198 g/mol. The molecule has 0 amide bonds. The van der Waals surface area contributed by atoms with Gasteiger partial charge in [0.2, 0.25) is 0 Å². The molecular formula is C12H14F2O. The monoisotopic (exact) mass is 212 g/mol. The quantitative estimate of drug-likeness (QED) is 0.693. The summed E-state index contributed by atoms with van der Waals surface area (Å²) in [6.45, 7) is 3.81. The van der Waals surface area contributed by atoms with E-state index in [0.717, 1.165) is 5.56 Å². The molecule has 82 valence electrons. The SMILES string of the molecule is CC(C)c1cccc2c1COCC2(F)F. The lowest BCUT2D eigenvalue weighted by atomic mass is 9.90. The van der Waals surface area contributed by atoms with Crippen LogP contribution in [0.15, 0.2) is 18.2 Å². The average Bonchev–Trinajstić information content (AvgIpc) is 2.16. The molecule has 15 heavy (non-hydrogen) atoms. The zero-order valence-electron chi connectivity index (χ0n) is 8.89. The molecule has 0 aromatic heterocycles. The predicted molar refractivity (Wildman–Crippen MR) is 54.1 cm³/mol. The van der Waals surface area contributed by atoms with Crippen molar-refractivity contribution in [3.05, 3.63) is 34.9 Å². The van der Waals surface area contributed by atoms with Crippen molar-refractivity contribution < 1.29 is 13.5 Å². The highest BCUT2D eigenvalue weighted by Crippen LogP contribution is 2.38. The van der Waals surface area contributed by atoms with Crippen molar-refractivity contribution in [1.29, 1.82) is 0 Å². The molecule has 0 bridgehead atoms. The van der Waals surface area contributed by atoms with Crippen LogP contribution in [0.5, 0.6) is 0 Å². The highest BCUT2D eigenvalue weighted by molar-refractivity contribution is 5.40. The maximum atomic E-state index is 13.5. The summed E-state index contributed by atoms with van der Waals surface area (Å²) in [6, 6.07) is 5.10. The summed E-state index contributed by atoms with van der Waals surface area (Å²) in [5, 5.41) is 0. The lowest BCUT2D eigenvalue weighted by molar-refractivity contribution is -0.103. The maximum Gasteiger partial charge on any atom is 0.296 e. The number of hydrogen-bond acceptors (Lipinski definition) is 1. The van der Waals surface area contributed by atoms with Gasteiger partial charge in [0.05, 0.1) is 6.61 Å². The van der Waals surface area contributed by atoms with Gasteiger partial charge in [-0.25, -0.2) is 0 Å². The summed E-state index contributed by atoms with van der Waals surface area (Å²) in [5.74, 6) is -2.59. The smallest absolute Gasteiger partial charge is 0.296 e. The maximum absolute atomic E-state index is 13.5. The minimum Gasteiger partial charge on any atom is -0.370 e. The number of fused-ring (bicyclic) bond motifs is 1. The van der Waals surface area contributed by atoms with E-state index in [1.165, 1.54) is 6.07 Å². The van der Waals surface area contributed by atoms with Gasteiger partial charge in [-0.15, -0.1) is 0 Å². The molecule has 0 aliphatic carbocycles. The van der Waals surface area contributed by atoms with Crippen molar-refractivity contribution in [2.75, 3.05) is 6.61 Å². The molecule has 0 unspecified atom stereocenters. The zero-order valence-corrected chi connectivity index (χ0v) is 8.89. The normalized spacial score (nSPS) is 19.0. The summed E-state index contributed by atoms with van der Waals surface area (Å²) >= 11 is 0. The van der Waals surface area contributed by atoms with Crippen LogP contribution in [0, 0.1) is 0 Å². The highest BCUT2D eigenvalue weighted by Gasteiger charge is 2.38. The Morgan fingerprint density at radius 3 is 2.73 bits per heavy atom. The van der Waals surface area contributed by atoms with Gasteiger partial charge in [-0.2, -0.15) is 8.78 Å². The number of benzene rings is 1. The molecule has 0 saturated heterocycles. The van der Waals surface area contributed by atoms with Gasteiger partial charge in [-0.05, 0) is 17.0 Å². The lowest BCUT2D eigenvalue weighted by Gasteiger charge is -2.28. The summed E-state index contributed by atoms with van der Waals surface area (Å²) < 4.78 is 32.0. The van der Waals surface area contributed by atoms with Crippen molar-refractivity contribution in [3.8, 4) is 0 Å². The number of alkyl halides is 2. The van der Waals surface area contributed by atoms with Gasteiger partial charge in [-0.1, -0.05) is 32.0 Å². The van der Waals surface area contributed by atoms with E-state index in [-0.39, 0.29) is 11.5 Å². The van der Waals surface area contributed by atoms with Crippen LogP contribution < -0.4 is 0 Å². The van der Waals surface area contributed by atoms with Crippen molar-refractivity contribution in [2.24, 2.45) is 0 Å². The van der Waals surface area contributed by atoms with E-state index in [9.17, 15) is 8.78 Å². The molecule has 2 rings (SSSR count). The van der Waals surface area contributed by atoms with Crippen LogP contribution in [-0.2, 0) is 17.3 Å². The summed E-state index contributed by atoms with van der Waals surface area (Å²) in [6.07, 6.45) is 0. The van der Waals surface area contributed by atoms with Crippen LogP contribution in [0.3, 0.4) is 0 Å². The first-order valence-electron chi connectivity index (χ1n) is 5.10. The van der Waals surface area contributed by atoms with Crippen molar-refractivity contribution in [3.63, 3.8) is 0 Å². The van der Waals surface area contributed by atoms with Gasteiger partial charge in [0.15, 0.2) is 0 Å². The van der Waals surface area contributed by atoms with E-state index >= 15 is 0 Å². The van der Waals surface area contributed by atoms with Gasteiger partial charge in [0.25, 0.3) is 5.92 Å². The molecule has 1 heterocycles. The van der Waals surface area contributed by atoms with Crippen LogP contribution in [0.1, 0.15) is 36.5 Å². The molecule has 0 fully saturated rings. The third-order valence-electron chi connectivity index (χ3n) is 2.76. The van der Waals surface area contributed by atoms with Crippen molar-refractivity contribution >= 4 is 0 Å². The molecule has 0 radical (unpaired) electrons. The number of halogens is 2. The summed E-state index contributed by atoms with van der Waals surface area (Å²) in [5.41, 5.74) is 1.77. The second-order valence-corrected chi connectivity index (χ2v) is 4.23. The van der Waals surface area contributed by atoms with Crippen LogP contribution in [0.2, 0.25) is 0 Å². The third kappa shape index (κ3) is 1.76. The molecule has 1 nitrogen and oxygen atoms in total. The predicted octanol–water partition coefficient (Wildman–Crippen LogP) is 3.43. The Hall–Kier alpha value is -0.960. The van der Waals surface area contributed by atoms with Gasteiger partial charge in [-0.3, -0.25) is 0 Å². The molecule has 1 aliphatic rings. The topological polar surface area (TPSA) is 9.23 Å². The Kier molecular flexibility index (Phi) is 2.51. The van der Waals surface area contributed by atoms with Gasteiger partial charge in [0.1, 0.15) is 6.61 Å². The molecule has 3 heteroatoms. The number of hydrogen-bond donors (Lipinski definition) is 0. The van der Waals surface area contributed by atoms with Gasteiger partial charge >= 0.3 is 0 Å². The first-order valence-corrected chi connectivity index (χ1v) is 5.10. The van der Waals surface area contributed by atoms with E-state index in [1.54, 1.807) is 6.07 Å². The van der Waals surface area contributed by atoms with Crippen LogP contribution in [0.4, 0.5) is 8.78 Å². The van der Waals surface area contributed by atoms with Crippen molar-refractivity contribution in [2.45, 2.75) is 32.3 Å². The van der Waals surface area contributed by atoms with E-state index < -0.39 is 12.5 Å².